The fraction of sp³-hybridized carbons (Fsp3) is 0.200. The maximum absolute atomic E-state index is 13.6. The lowest BCUT2D eigenvalue weighted by atomic mass is 9.97. The van der Waals surface area contributed by atoms with Crippen LogP contribution in [0.3, 0.4) is 0 Å². The summed E-state index contributed by atoms with van der Waals surface area (Å²) in [5.74, 6) is 1.09. The molecule has 1 aliphatic rings. The maximum Gasteiger partial charge on any atom is 0.291 e. The molecule has 5 rings (SSSR count). The lowest BCUT2D eigenvalue weighted by molar-refractivity contribution is 0.0701. The highest BCUT2D eigenvalue weighted by atomic mass is 16.5. The number of furan rings is 1. The number of hydrogen-bond acceptors (Lipinski definition) is 5. The molecule has 1 atom stereocenters. The normalized spacial score (nSPS) is 15.5. The Bertz CT molecular complexity index is 1350. The van der Waals surface area contributed by atoms with Gasteiger partial charge in [-0.05, 0) is 66.9 Å². The van der Waals surface area contributed by atoms with Gasteiger partial charge < -0.3 is 18.5 Å². The van der Waals surface area contributed by atoms with Gasteiger partial charge in [0, 0.05) is 0 Å². The van der Waals surface area contributed by atoms with E-state index < -0.39 is 6.04 Å². The lowest BCUT2D eigenvalue weighted by Crippen LogP contribution is -2.29. The van der Waals surface area contributed by atoms with Gasteiger partial charge in [-0.3, -0.25) is 9.59 Å². The molecule has 6 nitrogen and oxygen atoms in total. The number of rotatable bonds is 4. The summed E-state index contributed by atoms with van der Waals surface area (Å²) in [6.45, 7) is 4.13. The van der Waals surface area contributed by atoms with Gasteiger partial charge in [0.15, 0.2) is 5.43 Å². The van der Waals surface area contributed by atoms with E-state index in [2.05, 4.69) is 0 Å². The van der Waals surface area contributed by atoms with Crippen LogP contribution in [0.25, 0.3) is 11.0 Å². The van der Waals surface area contributed by atoms with Crippen LogP contribution in [0, 0.1) is 13.8 Å². The number of ether oxygens (including phenoxy) is 1. The maximum atomic E-state index is 13.6. The van der Waals surface area contributed by atoms with E-state index in [9.17, 15) is 9.59 Å². The first-order valence-corrected chi connectivity index (χ1v) is 10.0. The zero-order chi connectivity index (χ0) is 21.7. The van der Waals surface area contributed by atoms with E-state index in [0.717, 1.165) is 16.7 Å². The minimum atomic E-state index is -0.583. The molecule has 0 spiro atoms. The first-order chi connectivity index (χ1) is 15.0. The predicted molar refractivity (Wildman–Crippen MR) is 115 cm³/mol. The van der Waals surface area contributed by atoms with Gasteiger partial charge in [0.05, 0.1) is 36.9 Å². The number of methoxy groups -OCH3 is 1. The Morgan fingerprint density at radius 1 is 1.03 bits per heavy atom. The molecule has 2 aromatic carbocycles. The van der Waals surface area contributed by atoms with Crippen LogP contribution in [0.5, 0.6) is 5.75 Å². The van der Waals surface area contributed by atoms with E-state index >= 15 is 0 Å². The van der Waals surface area contributed by atoms with Crippen molar-refractivity contribution in [2.24, 2.45) is 0 Å². The van der Waals surface area contributed by atoms with E-state index in [1.807, 2.05) is 50.2 Å². The zero-order valence-electron chi connectivity index (χ0n) is 17.5. The second kappa shape index (κ2) is 7.16. The Labute approximate surface area is 178 Å². The molecule has 0 aliphatic carbocycles. The highest BCUT2D eigenvalue weighted by Gasteiger charge is 2.43. The first kappa shape index (κ1) is 19.2. The largest absolute Gasteiger partial charge is 0.497 e. The van der Waals surface area contributed by atoms with Crippen molar-refractivity contribution in [2.45, 2.75) is 26.4 Å². The lowest BCUT2D eigenvalue weighted by Gasteiger charge is -2.24. The molecule has 6 heteroatoms. The molecule has 0 saturated heterocycles. The SMILES string of the molecule is COc1ccc([C@H]2c3c(oc4cc(C)c(C)cc4c3=O)C(=O)N2Cc2ccco2)cc1. The summed E-state index contributed by atoms with van der Waals surface area (Å²) in [6.07, 6.45) is 1.56. The minimum absolute atomic E-state index is 0.0909. The fourth-order valence-corrected chi connectivity index (χ4v) is 4.14. The highest BCUT2D eigenvalue weighted by Crippen LogP contribution is 2.39. The Hall–Kier alpha value is -3.80. The van der Waals surface area contributed by atoms with Crippen molar-refractivity contribution < 1.29 is 18.4 Å². The minimum Gasteiger partial charge on any atom is -0.497 e. The third-order valence-corrected chi connectivity index (χ3v) is 5.92. The van der Waals surface area contributed by atoms with Gasteiger partial charge in [0.2, 0.25) is 5.76 Å². The van der Waals surface area contributed by atoms with Crippen molar-refractivity contribution in [3.05, 3.63) is 98.8 Å². The van der Waals surface area contributed by atoms with Crippen LogP contribution in [0.15, 0.2) is 68.4 Å². The van der Waals surface area contributed by atoms with Crippen molar-refractivity contribution in [3.63, 3.8) is 0 Å². The van der Waals surface area contributed by atoms with Crippen molar-refractivity contribution in [1.29, 1.82) is 0 Å². The van der Waals surface area contributed by atoms with Crippen molar-refractivity contribution in [2.75, 3.05) is 7.11 Å². The molecule has 0 N–H and O–H groups in total. The third-order valence-electron chi connectivity index (χ3n) is 5.92. The van der Waals surface area contributed by atoms with Crippen LogP contribution >= 0.6 is 0 Å². The number of aryl methyl sites for hydroxylation is 2. The van der Waals surface area contributed by atoms with Crippen LogP contribution < -0.4 is 10.2 Å². The van der Waals surface area contributed by atoms with E-state index in [1.54, 1.807) is 30.4 Å². The summed E-state index contributed by atoms with van der Waals surface area (Å²) < 4.78 is 16.8. The smallest absolute Gasteiger partial charge is 0.291 e. The van der Waals surface area contributed by atoms with E-state index in [-0.39, 0.29) is 23.6 Å². The van der Waals surface area contributed by atoms with Crippen molar-refractivity contribution in [1.82, 2.24) is 4.90 Å². The number of fused-ring (bicyclic) bond motifs is 2. The molecule has 3 heterocycles. The van der Waals surface area contributed by atoms with E-state index in [1.165, 1.54) is 0 Å². The first-order valence-electron chi connectivity index (χ1n) is 10.0. The van der Waals surface area contributed by atoms with Crippen LogP contribution in [0.2, 0.25) is 0 Å². The zero-order valence-corrected chi connectivity index (χ0v) is 17.5. The summed E-state index contributed by atoms with van der Waals surface area (Å²) in [4.78, 5) is 28.6. The molecule has 0 unspecified atom stereocenters. The quantitative estimate of drug-likeness (QED) is 0.481. The van der Waals surface area contributed by atoms with Crippen LogP contribution in [0.4, 0.5) is 0 Å². The average Bonchev–Trinajstić information content (AvgIpc) is 3.38. The molecule has 4 aromatic rings. The predicted octanol–water partition coefficient (Wildman–Crippen LogP) is 4.76. The summed E-state index contributed by atoms with van der Waals surface area (Å²) in [7, 11) is 1.59. The van der Waals surface area contributed by atoms with Gasteiger partial charge in [-0.1, -0.05) is 12.1 Å². The third kappa shape index (κ3) is 3.03. The van der Waals surface area contributed by atoms with Gasteiger partial charge in [-0.2, -0.15) is 0 Å². The molecular weight excluding hydrogens is 394 g/mol. The Morgan fingerprint density at radius 2 is 1.77 bits per heavy atom. The number of carbonyl (C=O) groups is 1. The number of nitrogens with zero attached hydrogens (tertiary/aromatic N) is 1. The second-order valence-electron chi connectivity index (χ2n) is 7.79. The molecular formula is C25H21NO5. The molecule has 1 aliphatic heterocycles. The fourth-order valence-electron chi connectivity index (χ4n) is 4.14. The van der Waals surface area contributed by atoms with Gasteiger partial charge >= 0.3 is 0 Å². The standard InChI is InChI=1S/C25H21NO5/c1-14-11-19-20(12-15(14)2)31-24-21(23(19)27)22(16-6-8-17(29-3)9-7-16)26(25(24)28)13-18-5-4-10-30-18/h4-12,22H,13H2,1-3H3/t22-/m0/s1. The molecule has 0 radical (unpaired) electrons. The molecule has 31 heavy (non-hydrogen) atoms. The van der Waals surface area contributed by atoms with Crippen molar-refractivity contribution >= 4 is 16.9 Å². The summed E-state index contributed by atoms with van der Waals surface area (Å²) in [6, 6.07) is 14.0. The van der Waals surface area contributed by atoms with E-state index in [4.69, 9.17) is 13.6 Å². The highest BCUT2D eigenvalue weighted by molar-refractivity contribution is 5.99. The van der Waals surface area contributed by atoms with Gasteiger partial charge in [0.25, 0.3) is 5.91 Å². The summed E-state index contributed by atoms with van der Waals surface area (Å²) in [5, 5.41) is 0.480. The Kier molecular flexibility index (Phi) is 4.43. The Morgan fingerprint density at radius 3 is 2.45 bits per heavy atom. The van der Waals surface area contributed by atoms with Gasteiger partial charge in [-0.25, -0.2) is 0 Å². The average molecular weight is 415 g/mol. The molecule has 156 valence electrons. The van der Waals surface area contributed by atoms with E-state index in [0.29, 0.717) is 28.0 Å². The van der Waals surface area contributed by atoms with Gasteiger partial charge in [-0.15, -0.1) is 0 Å². The monoisotopic (exact) mass is 415 g/mol. The number of carbonyl (C=O) groups excluding carboxylic acids is 1. The van der Waals surface area contributed by atoms with Gasteiger partial charge in [0.1, 0.15) is 17.1 Å². The number of benzene rings is 2. The number of amides is 1. The molecule has 1 amide bonds. The molecule has 2 aromatic heterocycles. The van der Waals surface area contributed by atoms with Crippen LogP contribution in [-0.2, 0) is 6.54 Å². The molecule has 0 saturated carbocycles. The summed E-state index contributed by atoms with van der Waals surface area (Å²) >= 11 is 0. The van der Waals surface area contributed by atoms with Crippen molar-refractivity contribution in [3.8, 4) is 5.75 Å². The number of hydrogen-bond donors (Lipinski definition) is 0. The second-order valence-corrected chi connectivity index (χ2v) is 7.79. The summed E-state index contributed by atoms with van der Waals surface area (Å²) in [5.41, 5.74) is 3.40. The van der Waals surface area contributed by atoms with Crippen LogP contribution in [-0.4, -0.2) is 17.9 Å². The molecule has 0 bridgehead atoms. The topological polar surface area (TPSA) is 72.9 Å². The Balaban J connectivity index is 1.74. The molecule has 0 fully saturated rings. The van der Waals surface area contributed by atoms with Crippen LogP contribution in [0.1, 0.15) is 44.6 Å².